The van der Waals surface area contributed by atoms with Crippen LogP contribution in [-0.2, 0) is 11.2 Å². The van der Waals surface area contributed by atoms with Crippen LogP contribution >= 0.6 is 0 Å². The third kappa shape index (κ3) is 6.02. The number of rotatable bonds is 9. The number of hydrogen-bond acceptors (Lipinski definition) is 4. The van der Waals surface area contributed by atoms with E-state index in [9.17, 15) is 4.79 Å². The van der Waals surface area contributed by atoms with Crippen molar-refractivity contribution in [1.82, 2.24) is 4.98 Å². The SMILES string of the molecule is CCCc1cc(C(=O)O)cc(OCCOCC(C)C)n1. The molecular formula is C15H23NO4. The van der Waals surface area contributed by atoms with Gasteiger partial charge in [-0.25, -0.2) is 9.78 Å². The first-order valence-corrected chi connectivity index (χ1v) is 6.97. The van der Waals surface area contributed by atoms with E-state index in [0.29, 0.717) is 31.6 Å². The largest absolute Gasteiger partial charge is 0.478 e. The van der Waals surface area contributed by atoms with E-state index < -0.39 is 5.97 Å². The van der Waals surface area contributed by atoms with Gasteiger partial charge < -0.3 is 14.6 Å². The Morgan fingerprint density at radius 1 is 1.35 bits per heavy atom. The van der Waals surface area contributed by atoms with Crippen molar-refractivity contribution >= 4 is 5.97 Å². The van der Waals surface area contributed by atoms with Crippen LogP contribution in [0.1, 0.15) is 43.2 Å². The summed E-state index contributed by atoms with van der Waals surface area (Å²) in [4.78, 5) is 15.4. The number of aromatic carboxylic acids is 1. The third-order valence-corrected chi connectivity index (χ3v) is 2.54. The van der Waals surface area contributed by atoms with Crippen molar-refractivity contribution < 1.29 is 19.4 Å². The van der Waals surface area contributed by atoms with E-state index in [1.54, 1.807) is 6.07 Å². The summed E-state index contributed by atoms with van der Waals surface area (Å²) in [5.74, 6) is -0.133. The molecule has 0 aliphatic carbocycles. The van der Waals surface area contributed by atoms with E-state index in [2.05, 4.69) is 18.8 Å². The molecular weight excluding hydrogens is 258 g/mol. The van der Waals surface area contributed by atoms with E-state index >= 15 is 0 Å². The fourth-order valence-electron chi connectivity index (χ4n) is 1.67. The minimum atomic E-state index is -0.967. The normalized spacial score (nSPS) is 10.8. The maximum absolute atomic E-state index is 11.1. The zero-order chi connectivity index (χ0) is 15.0. The van der Waals surface area contributed by atoms with Gasteiger partial charge in [0.25, 0.3) is 0 Å². The second-order valence-corrected chi connectivity index (χ2v) is 5.06. The van der Waals surface area contributed by atoms with Gasteiger partial charge in [-0.3, -0.25) is 0 Å². The molecule has 0 spiro atoms. The lowest BCUT2D eigenvalue weighted by molar-refractivity contribution is 0.0694. The van der Waals surface area contributed by atoms with Crippen molar-refractivity contribution in [1.29, 1.82) is 0 Å². The van der Waals surface area contributed by atoms with Crippen LogP contribution < -0.4 is 4.74 Å². The van der Waals surface area contributed by atoms with E-state index in [0.717, 1.165) is 18.5 Å². The first-order valence-electron chi connectivity index (χ1n) is 6.97. The first-order chi connectivity index (χ1) is 9.52. The van der Waals surface area contributed by atoms with Crippen molar-refractivity contribution in [3.63, 3.8) is 0 Å². The Morgan fingerprint density at radius 3 is 2.70 bits per heavy atom. The highest BCUT2D eigenvalue weighted by Gasteiger charge is 2.09. The van der Waals surface area contributed by atoms with Gasteiger partial charge in [0, 0.05) is 18.4 Å². The summed E-state index contributed by atoms with van der Waals surface area (Å²) in [6.07, 6.45) is 1.65. The van der Waals surface area contributed by atoms with Gasteiger partial charge in [-0.2, -0.15) is 0 Å². The standard InChI is InChI=1S/C15H23NO4/c1-4-5-13-8-12(15(17)18)9-14(16-13)20-7-6-19-10-11(2)3/h8-9,11H,4-7,10H2,1-3H3,(H,17,18). The molecule has 5 heteroatoms. The minimum Gasteiger partial charge on any atom is -0.478 e. The van der Waals surface area contributed by atoms with Crippen LogP contribution in [0.15, 0.2) is 12.1 Å². The van der Waals surface area contributed by atoms with Crippen LogP contribution in [0.2, 0.25) is 0 Å². The van der Waals surface area contributed by atoms with Gasteiger partial charge in [0.05, 0.1) is 12.2 Å². The fourth-order valence-corrected chi connectivity index (χ4v) is 1.67. The van der Waals surface area contributed by atoms with Crippen LogP contribution in [0.3, 0.4) is 0 Å². The molecule has 1 aromatic heterocycles. The van der Waals surface area contributed by atoms with Crippen molar-refractivity contribution in [2.45, 2.75) is 33.6 Å². The third-order valence-electron chi connectivity index (χ3n) is 2.54. The molecule has 0 bridgehead atoms. The summed E-state index contributed by atoms with van der Waals surface area (Å²) in [7, 11) is 0. The van der Waals surface area contributed by atoms with Gasteiger partial charge in [-0.1, -0.05) is 27.2 Å². The van der Waals surface area contributed by atoms with Gasteiger partial charge in [0.15, 0.2) is 0 Å². The maximum Gasteiger partial charge on any atom is 0.335 e. The molecule has 0 saturated heterocycles. The lowest BCUT2D eigenvalue weighted by Crippen LogP contribution is -2.11. The molecule has 1 heterocycles. The summed E-state index contributed by atoms with van der Waals surface area (Å²) in [6, 6.07) is 3.04. The van der Waals surface area contributed by atoms with Crippen LogP contribution in [-0.4, -0.2) is 35.9 Å². The van der Waals surface area contributed by atoms with Crippen LogP contribution in [0.4, 0.5) is 0 Å². The Morgan fingerprint density at radius 2 is 2.10 bits per heavy atom. The fraction of sp³-hybridized carbons (Fsp3) is 0.600. The van der Waals surface area contributed by atoms with Crippen molar-refractivity contribution in [2.24, 2.45) is 5.92 Å². The number of carboxylic acid groups (broad SMARTS) is 1. The lowest BCUT2D eigenvalue weighted by atomic mass is 10.1. The van der Waals surface area contributed by atoms with Crippen LogP contribution in [0.25, 0.3) is 0 Å². The van der Waals surface area contributed by atoms with Gasteiger partial charge in [-0.15, -0.1) is 0 Å². The van der Waals surface area contributed by atoms with Gasteiger partial charge in [0.1, 0.15) is 6.61 Å². The van der Waals surface area contributed by atoms with Crippen molar-refractivity contribution in [3.05, 3.63) is 23.4 Å². The summed E-state index contributed by atoms with van der Waals surface area (Å²) in [5.41, 5.74) is 0.951. The highest BCUT2D eigenvalue weighted by molar-refractivity contribution is 5.88. The molecule has 112 valence electrons. The molecule has 1 rings (SSSR count). The molecule has 0 aromatic carbocycles. The van der Waals surface area contributed by atoms with E-state index in [1.165, 1.54) is 6.07 Å². The Bertz CT molecular complexity index is 432. The molecule has 0 amide bonds. The average Bonchev–Trinajstić information content (AvgIpc) is 2.38. The van der Waals surface area contributed by atoms with E-state index in [-0.39, 0.29) is 5.56 Å². The van der Waals surface area contributed by atoms with Gasteiger partial charge >= 0.3 is 5.97 Å². The molecule has 0 aliphatic rings. The molecule has 5 nitrogen and oxygen atoms in total. The van der Waals surface area contributed by atoms with Crippen LogP contribution in [0.5, 0.6) is 5.88 Å². The molecule has 0 radical (unpaired) electrons. The highest BCUT2D eigenvalue weighted by Crippen LogP contribution is 2.14. The van der Waals surface area contributed by atoms with Gasteiger partial charge in [-0.05, 0) is 18.4 Å². The first kappa shape index (κ1) is 16.4. The number of aryl methyl sites for hydroxylation is 1. The minimum absolute atomic E-state index is 0.210. The summed E-state index contributed by atoms with van der Waals surface area (Å²) >= 11 is 0. The Labute approximate surface area is 119 Å². The predicted molar refractivity (Wildman–Crippen MR) is 76.3 cm³/mol. The second-order valence-electron chi connectivity index (χ2n) is 5.06. The van der Waals surface area contributed by atoms with E-state index in [4.69, 9.17) is 14.6 Å². The summed E-state index contributed by atoms with van der Waals surface area (Å²) < 4.78 is 10.9. The zero-order valence-corrected chi connectivity index (χ0v) is 12.4. The smallest absolute Gasteiger partial charge is 0.335 e. The Balaban J connectivity index is 2.57. The maximum atomic E-state index is 11.1. The quantitative estimate of drug-likeness (QED) is 0.705. The molecule has 20 heavy (non-hydrogen) atoms. The monoisotopic (exact) mass is 281 g/mol. The number of ether oxygens (including phenoxy) is 2. The number of aromatic nitrogens is 1. The molecule has 0 atom stereocenters. The lowest BCUT2D eigenvalue weighted by Gasteiger charge is -2.10. The second kappa shape index (κ2) is 8.53. The van der Waals surface area contributed by atoms with E-state index in [1.807, 2.05) is 6.92 Å². The molecule has 1 aromatic rings. The number of nitrogens with zero attached hydrogens (tertiary/aromatic N) is 1. The van der Waals surface area contributed by atoms with Gasteiger partial charge in [0.2, 0.25) is 5.88 Å². The summed E-state index contributed by atoms with van der Waals surface area (Å²) in [6.45, 7) is 7.71. The predicted octanol–water partition coefficient (Wildman–Crippen LogP) is 2.78. The number of pyridine rings is 1. The molecule has 1 N–H and O–H groups in total. The van der Waals surface area contributed by atoms with Crippen LogP contribution in [0, 0.1) is 5.92 Å². The Hall–Kier alpha value is -1.62. The molecule has 0 fully saturated rings. The Kier molecular flexibility index (Phi) is 7.01. The molecule has 0 saturated carbocycles. The average molecular weight is 281 g/mol. The number of carboxylic acids is 1. The number of carbonyl (C=O) groups is 1. The molecule has 0 aliphatic heterocycles. The van der Waals surface area contributed by atoms with Crippen molar-refractivity contribution in [3.8, 4) is 5.88 Å². The highest BCUT2D eigenvalue weighted by atomic mass is 16.5. The summed E-state index contributed by atoms with van der Waals surface area (Å²) in [5, 5.41) is 9.06. The topological polar surface area (TPSA) is 68.7 Å². The number of hydrogen-bond donors (Lipinski definition) is 1. The zero-order valence-electron chi connectivity index (χ0n) is 12.4. The molecule has 0 unspecified atom stereocenters. The van der Waals surface area contributed by atoms with Crippen molar-refractivity contribution in [2.75, 3.05) is 19.8 Å².